The van der Waals surface area contributed by atoms with Gasteiger partial charge in [-0.25, -0.2) is 4.98 Å². The van der Waals surface area contributed by atoms with Gasteiger partial charge in [-0.1, -0.05) is 30.0 Å². The summed E-state index contributed by atoms with van der Waals surface area (Å²) in [6.07, 6.45) is 1.78. The van der Waals surface area contributed by atoms with Gasteiger partial charge in [0.1, 0.15) is 11.4 Å². The lowest BCUT2D eigenvalue weighted by Crippen LogP contribution is -2.15. The summed E-state index contributed by atoms with van der Waals surface area (Å²) in [5.41, 5.74) is 3.29. The molecule has 0 saturated carbocycles. The number of fused-ring (bicyclic) bond motifs is 1. The summed E-state index contributed by atoms with van der Waals surface area (Å²) in [4.78, 5) is 16.8. The van der Waals surface area contributed by atoms with Crippen LogP contribution in [0.3, 0.4) is 0 Å². The molecule has 0 aliphatic carbocycles. The van der Waals surface area contributed by atoms with Gasteiger partial charge in [0.15, 0.2) is 6.61 Å². The van der Waals surface area contributed by atoms with Crippen LogP contribution in [0.1, 0.15) is 22.7 Å². The van der Waals surface area contributed by atoms with Crippen molar-refractivity contribution in [3.05, 3.63) is 81.7 Å². The first kappa shape index (κ1) is 18.2. The molecule has 8 heteroatoms. The zero-order chi connectivity index (χ0) is 19.5. The maximum absolute atomic E-state index is 12.3. The lowest BCUT2D eigenvalue weighted by molar-refractivity contribution is 0.252. The van der Waals surface area contributed by atoms with Gasteiger partial charge < -0.3 is 9.15 Å². The van der Waals surface area contributed by atoms with Gasteiger partial charge in [0.05, 0.1) is 5.69 Å². The topological polar surface area (TPSA) is 82.5 Å². The summed E-state index contributed by atoms with van der Waals surface area (Å²) in [7, 11) is 0. The first-order valence-corrected chi connectivity index (χ1v) is 9.69. The standard InChI is InChI=1S/C20H18N4O3S/c1-13-4-3-5-16(8-13)26-11-18-22-23-20(27-18)28-12-15-9-19(25)24-10-14(2)6-7-17(24)21-15/h3-10H,11-12H2,1-2H3. The predicted molar refractivity (Wildman–Crippen MR) is 106 cm³/mol. The number of hydrogen-bond donors (Lipinski definition) is 0. The fourth-order valence-electron chi connectivity index (χ4n) is 2.67. The summed E-state index contributed by atoms with van der Waals surface area (Å²) < 4.78 is 12.8. The fourth-order valence-corrected chi connectivity index (χ4v) is 3.35. The van der Waals surface area contributed by atoms with Crippen molar-refractivity contribution in [3.63, 3.8) is 0 Å². The molecule has 7 nitrogen and oxygen atoms in total. The lowest BCUT2D eigenvalue weighted by Gasteiger charge is -2.04. The van der Waals surface area contributed by atoms with E-state index < -0.39 is 0 Å². The third-order valence-corrected chi connectivity index (χ3v) is 4.86. The van der Waals surface area contributed by atoms with Crippen LogP contribution in [0.4, 0.5) is 0 Å². The van der Waals surface area contributed by atoms with Crippen LogP contribution in [-0.4, -0.2) is 19.6 Å². The van der Waals surface area contributed by atoms with E-state index in [0.717, 1.165) is 16.9 Å². The van der Waals surface area contributed by atoms with Crippen LogP contribution in [0.2, 0.25) is 0 Å². The maximum atomic E-state index is 12.3. The highest BCUT2D eigenvalue weighted by Crippen LogP contribution is 2.21. The molecule has 0 aliphatic heterocycles. The molecule has 0 fully saturated rings. The molecule has 3 aromatic heterocycles. The van der Waals surface area contributed by atoms with E-state index in [1.54, 1.807) is 6.20 Å². The zero-order valence-corrected chi connectivity index (χ0v) is 16.3. The third-order valence-electron chi connectivity index (χ3n) is 4.00. The summed E-state index contributed by atoms with van der Waals surface area (Å²) in [5, 5.41) is 8.42. The van der Waals surface area contributed by atoms with Crippen molar-refractivity contribution in [2.45, 2.75) is 31.4 Å². The van der Waals surface area contributed by atoms with E-state index in [4.69, 9.17) is 9.15 Å². The molecule has 142 valence electrons. The fraction of sp³-hybridized carbons (Fsp3) is 0.200. The minimum absolute atomic E-state index is 0.109. The Bertz CT molecular complexity index is 1190. The minimum Gasteiger partial charge on any atom is -0.484 e. The molecule has 0 radical (unpaired) electrons. The van der Waals surface area contributed by atoms with Gasteiger partial charge in [0.2, 0.25) is 0 Å². The van der Waals surface area contributed by atoms with E-state index in [0.29, 0.717) is 28.2 Å². The summed E-state index contributed by atoms with van der Waals surface area (Å²) in [6.45, 7) is 4.14. The number of aromatic nitrogens is 4. The number of ether oxygens (including phenoxy) is 1. The monoisotopic (exact) mass is 394 g/mol. The highest BCUT2D eigenvalue weighted by Gasteiger charge is 2.10. The second-order valence-corrected chi connectivity index (χ2v) is 7.30. The quantitative estimate of drug-likeness (QED) is 0.462. The Hall–Kier alpha value is -3.13. The Morgan fingerprint density at radius 3 is 2.86 bits per heavy atom. The summed E-state index contributed by atoms with van der Waals surface area (Å²) in [5.74, 6) is 1.61. The number of pyridine rings is 1. The van der Waals surface area contributed by atoms with Gasteiger partial charge in [-0.3, -0.25) is 9.20 Å². The van der Waals surface area contributed by atoms with Crippen LogP contribution in [0.25, 0.3) is 5.65 Å². The molecule has 0 atom stereocenters. The van der Waals surface area contributed by atoms with Gasteiger partial charge in [0.25, 0.3) is 16.7 Å². The van der Waals surface area contributed by atoms with Crippen molar-refractivity contribution in [3.8, 4) is 5.75 Å². The van der Waals surface area contributed by atoms with Crippen molar-refractivity contribution in [1.29, 1.82) is 0 Å². The SMILES string of the molecule is Cc1cccc(OCc2nnc(SCc3cc(=O)n4cc(C)ccc4n3)o2)c1. The molecule has 0 aliphatic rings. The van der Waals surface area contributed by atoms with Crippen molar-refractivity contribution in [2.75, 3.05) is 0 Å². The minimum atomic E-state index is -0.109. The molecule has 0 unspecified atom stereocenters. The number of rotatable bonds is 6. The second kappa shape index (κ2) is 7.85. The van der Waals surface area contributed by atoms with Crippen LogP contribution in [0.5, 0.6) is 5.75 Å². The number of benzene rings is 1. The Morgan fingerprint density at radius 1 is 1.11 bits per heavy atom. The molecule has 0 bridgehead atoms. The van der Waals surface area contributed by atoms with E-state index in [-0.39, 0.29) is 12.2 Å². The zero-order valence-electron chi connectivity index (χ0n) is 15.5. The van der Waals surface area contributed by atoms with Crippen LogP contribution in [0, 0.1) is 13.8 Å². The molecule has 0 spiro atoms. The molecule has 0 amide bonds. The van der Waals surface area contributed by atoms with Gasteiger partial charge in [-0.2, -0.15) is 0 Å². The van der Waals surface area contributed by atoms with Crippen molar-refractivity contribution >= 4 is 17.4 Å². The largest absolute Gasteiger partial charge is 0.484 e. The molecule has 4 aromatic rings. The van der Waals surface area contributed by atoms with E-state index in [1.165, 1.54) is 22.2 Å². The smallest absolute Gasteiger partial charge is 0.277 e. The predicted octanol–water partition coefficient (Wildman–Crippen LogP) is 3.57. The van der Waals surface area contributed by atoms with Gasteiger partial charge in [-0.05, 0) is 43.2 Å². The highest BCUT2D eigenvalue weighted by molar-refractivity contribution is 7.98. The average molecular weight is 394 g/mol. The van der Waals surface area contributed by atoms with E-state index >= 15 is 0 Å². The van der Waals surface area contributed by atoms with Gasteiger partial charge in [-0.15, -0.1) is 10.2 Å². The lowest BCUT2D eigenvalue weighted by atomic mass is 10.2. The van der Waals surface area contributed by atoms with Crippen molar-refractivity contribution < 1.29 is 9.15 Å². The molecule has 0 saturated heterocycles. The summed E-state index contributed by atoms with van der Waals surface area (Å²) >= 11 is 1.33. The van der Waals surface area contributed by atoms with Crippen molar-refractivity contribution in [2.24, 2.45) is 0 Å². The number of nitrogens with zero attached hydrogens (tertiary/aromatic N) is 4. The average Bonchev–Trinajstić information content (AvgIpc) is 3.13. The number of aryl methyl sites for hydroxylation is 2. The first-order valence-electron chi connectivity index (χ1n) is 8.70. The third kappa shape index (κ3) is 4.23. The molecule has 3 heterocycles. The van der Waals surface area contributed by atoms with Crippen LogP contribution in [0.15, 0.2) is 63.1 Å². The van der Waals surface area contributed by atoms with E-state index in [9.17, 15) is 4.79 Å². The van der Waals surface area contributed by atoms with E-state index in [2.05, 4.69) is 15.2 Å². The molecule has 1 aromatic carbocycles. The maximum Gasteiger partial charge on any atom is 0.277 e. The Balaban J connectivity index is 1.40. The first-order chi connectivity index (χ1) is 13.6. The summed E-state index contributed by atoms with van der Waals surface area (Å²) in [6, 6.07) is 13.0. The van der Waals surface area contributed by atoms with Gasteiger partial charge >= 0.3 is 0 Å². The van der Waals surface area contributed by atoms with Crippen LogP contribution < -0.4 is 10.3 Å². The molecular weight excluding hydrogens is 376 g/mol. The molecular formula is C20H18N4O3S. The van der Waals surface area contributed by atoms with Crippen LogP contribution >= 0.6 is 11.8 Å². The van der Waals surface area contributed by atoms with Gasteiger partial charge in [0, 0.05) is 18.0 Å². The Labute approximate surface area is 165 Å². The normalized spacial score (nSPS) is 11.1. The second-order valence-electron chi connectivity index (χ2n) is 6.38. The Kier molecular flexibility index (Phi) is 5.12. The molecule has 28 heavy (non-hydrogen) atoms. The van der Waals surface area contributed by atoms with Crippen LogP contribution in [-0.2, 0) is 12.4 Å². The number of hydrogen-bond acceptors (Lipinski definition) is 7. The molecule has 4 rings (SSSR count). The van der Waals surface area contributed by atoms with E-state index in [1.807, 2.05) is 50.2 Å². The number of thioether (sulfide) groups is 1. The highest BCUT2D eigenvalue weighted by atomic mass is 32.2. The Morgan fingerprint density at radius 2 is 2.00 bits per heavy atom. The van der Waals surface area contributed by atoms with Crippen molar-refractivity contribution in [1.82, 2.24) is 19.6 Å². The molecule has 0 N–H and O–H groups in total.